The number of benzene rings is 2. The maximum absolute atomic E-state index is 12.1. The Hall–Kier alpha value is -2.75. The van der Waals surface area contributed by atoms with Crippen LogP contribution in [0.1, 0.15) is 10.4 Å². The molecule has 2 N–H and O–H groups in total. The number of aromatic carboxylic acids is 1. The van der Waals surface area contributed by atoms with Crippen LogP contribution in [0.2, 0.25) is 5.02 Å². The van der Waals surface area contributed by atoms with Crippen LogP contribution < -0.4 is 45.3 Å². The fourth-order valence-electron chi connectivity index (χ4n) is 2.70. The molecule has 32 heavy (non-hydrogen) atoms. The van der Waals surface area contributed by atoms with Gasteiger partial charge in [-0.25, -0.2) is 0 Å². The van der Waals surface area contributed by atoms with Crippen molar-refractivity contribution in [2.24, 2.45) is 0 Å². The predicted octanol–water partition coefficient (Wildman–Crippen LogP) is -0.637. The summed E-state index contributed by atoms with van der Waals surface area (Å²) in [6, 6.07) is 16.6. The number of amides is 2. The number of nitrogens with one attached hydrogen (secondary N) is 2. The largest absolute Gasteiger partial charge is 1.00 e. The van der Waals surface area contributed by atoms with Gasteiger partial charge in [0.05, 0.1) is 11.7 Å². The molecular formula is C22H17ClN3NaO5. The zero-order valence-corrected chi connectivity index (χ0v) is 19.9. The van der Waals surface area contributed by atoms with Crippen molar-refractivity contribution in [1.29, 1.82) is 0 Å². The zero-order chi connectivity index (χ0) is 22.2. The average Bonchev–Trinajstić information content (AvgIpc) is 2.75. The van der Waals surface area contributed by atoms with Crippen molar-refractivity contribution in [3.05, 3.63) is 77.4 Å². The molecule has 2 aromatic carbocycles. The van der Waals surface area contributed by atoms with E-state index in [0.29, 0.717) is 5.69 Å². The Morgan fingerprint density at radius 2 is 1.69 bits per heavy atom. The number of ether oxygens (including phenoxy) is 1. The molecule has 0 aliphatic rings. The molecule has 0 bridgehead atoms. The molecule has 0 radical (unpaired) electrons. The number of nitrogens with zero attached hydrogens (tertiary/aromatic N) is 1. The van der Waals surface area contributed by atoms with Gasteiger partial charge in [0.1, 0.15) is 13.2 Å². The normalized spacial score (nSPS) is 10.0. The van der Waals surface area contributed by atoms with Crippen LogP contribution in [0.5, 0.6) is 0 Å². The summed E-state index contributed by atoms with van der Waals surface area (Å²) in [7, 11) is 0. The first-order valence-corrected chi connectivity index (χ1v) is 9.50. The van der Waals surface area contributed by atoms with Gasteiger partial charge < -0.3 is 25.3 Å². The van der Waals surface area contributed by atoms with Crippen LogP contribution in [0.15, 0.2) is 66.9 Å². The summed E-state index contributed by atoms with van der Waals surface area (Å²) in [5.41, 5.74) is 1.93. The number of carboxylic acid groups (broad SMARTS) is 1. The molecule has 0 saturated carbocycles. The predicted molar refractivity (Wildman–Crippen MR) is 114 cm³/mol. The quantitative estimate of drug-likeness (QED) is 0.431. The first-order valence-electron chi connectivity index (χ1n) is 9.12. The maximum atomic E-state index is 12.1. The molecule has 0 saturated heterocycles. The summed E-state index contributed by atoms with van der Waals surface area (Å²) >= 11 is 5.75. The second-order valence-electron chi connectivity index (χ2n) is 6.36. The summed E-state index contributed by atoms with van der Waals surface area (Å²) in [5, 5.41) is 16.4. The first-order chi connectivity index (χ1) is 14.9. The third kappa shape index (κ3) is 7.44. The van der Waals surface area contributed by atoms with Crippen molar-refractivity contribution in [2.45, 2.75) is 0 Å². The number of pyridine rings is 1. The van der Waals surface area contributed by atoms with Gasteiger partial charge in [-0.3, -0.25) is 14.6 Å². The number of hydrogen-bond acceptors (Lipinski definition) is 6. The summed E-state index contributed by atoms with van der Waals surface area (Å²) in [4.78, 5) is 39.5. The topological polar surface area (TPSA) is 120 Å². The molecule has 3 aromatic rings. The SMILES string of the molecule is O=C(COCC(=O)Nc1ccc(Cl)cc1C(=O)[O-])Nc1cccc(-c2ccccn2)c1.[Na+]. The van der Waals surface area contributed by atoms with Gasteiger partial charge in [-0.2, -0.15) is 0 Å². The number of carbonyl (C=O) groups is 3. The van der Waals surface area contributed by atoms with Crippen LogP contribution in [0.25, 0.3) is 11.3 Å². The van der Waals surface area contributed by atoms with Gasteiger partial charge in [0, 0.05) is 33.7 Å². The van der Waals surface area contributed by atoms with E-state index >= 15 is 0 Å². The molecule has 8 nitrogen and oxygen atoms in total. The van der Waals surface area contributed by atoms with E-state index in [0.717, 1.165) is 11.3 Å². The molecule has 1 heterocycles. The minimum Gasteiger partial charge on any atom is -0.545 e. The Bertz CT molecular complexity index is 1110. The number of halogens is 1. The van der Waals surface area contributed by atoms with E-state index in [-0.39, 0.29) is 52.4 Å². The Labute approximate surface area is 211 Å². The molecular weight excluding hydrogens is 445 g/mol. The van der Waals surface area contributed by atoms with Gasteiger partial charge in [-0.1, -0.05) is 29.8 Å². The number of anilines is 2. The Kier molecular flexibility index (Phi) is 9.83. The van der Waals surface area contributed by atoms with Crippen LogP contribution in [-0.4, -0.2) is 36.0 Å². The van der Waals surface area contributed by atoms with E-state index in [1.807, 2.05) is 24.3 Å². The van der Waals surface area contributed by atoms with Gasteiger partial charge >= 0.3 is 29.6 Å². The van der Waals surface area contributed by atoms with Crippen LogP contribution in [0.4, 0.5) is 11.4 Å². The van der Waals surface area contributed by atoms with Crippen molar-refractivity contribution in [3.8, 4) is 11.3 Å². The summed E-state index contributed by atoms with van der Waals surface area (Å²) in [6.45, 7) is -0.814. The van der Waals surface area contributed by atoms with Crippen molar-refractivity contribution in [2.75, 3.05) is 23.8 Å². The first kappa shape index (κ1) is 25.5. The van der Waals surface area contributed by atoms with Gasteiger partial charge in [-0.15, -0.1) is 0 Å². The third-order valence-electron chi connectivity index (χ3n) is 4.05. The number of aromatic nitrogens is 1. The molecule has 158 valence electrons. The van der Waals surface area contributed by atoms with Crippen molar-refractivity contribution < 1.29 is 53.8 Å². The maximum Gasteiger partial charge on any atom is 1.00 e. The molecule has 0 spiro atoms. The second-order valence-corrected chi connectivity index (χ2v) is 6.80. The summed E-state index contributed by atoms with van der Waals surface area (Å²) < 4.78 is 5.12. The molecule has 0 aliphatic heterocycles. The van der Waals surface area contributed by atoms with Gasteiger partial charge in [0.25, 0.3) is 0 Å². The molecule has 0 atom stereocenters. The van der Waals surface area contributed by atoms with E-state index in [4.69, 9.17) is 16.3 Å². The van der Waals surface area contributed by atoms with Crippen LogP contribution in [-0.2, 0) is 14.3 Å². The summed E-state index contributed by atoms with van der Waals surface area (Å²) in [6.07, 6.45) is 1.68. The van der Waals surface area contributed by atoms with Crippen molar-refractivity contribution >= 4 is 40.8 Å². The summed E-state index contributed by atoms with van der Waals surface area (Å²) in [5.74, 6) is -2.56. The van der Waals surface area contributed by atoms with Crippen LogP contribution in [0.3, 0.4) is 0 Å². The molecule has 3 rings (SSSR count). The molecule has 2 amide bonds. The number of hydrogen-bond donors (Lipinski definition) is 2. The Morgan fingerprint density at radius 1 is 0.938 bits per heavy atom. The number of carbonyl (C=O) groups excluding carboxylic acids is 3. The molecule has 10 heteroatoms. The monoisotopic (exact) mass is 461 g/mol. The van der Waals surface area contributed by atoms with E-state index in [1.165, 1.54) is 18.2 Å². The fraction of sp³-hybridized carbons (Fsp3) is 0.0909. The number of rotatable bonds is 8. The minimum absolute atomic E-state index is 0. The van der Waals surface area contributed by atoms with Gasteiger partial charge in [-0.05, 0) is 42.5 Å². The van der Waals surface area contributed by atoms with E-state index in [2.05, 4.69) is 15.6 Å². The van der Waals surface area contributed by atoms with Crippen LogP contribution in [0, 0.1) is 0 Å². The smallest absolute Gasteiger partial charge is 0.545 e. The molecule has 1 aromatic heterocycles. The van der Waals surface area contributed by atoms with E-state index in [9.17, 15) is 19.5 Å². The Balaban J connectivity index is 0.00000363. The zero-order valence-electron chi connectivity index (χ0n) is 17.1. The third-order valence-corrected chi connectivity index (χ3v) is 4.28. The standard InChI is InChI=1S/C22H18ClN3O5.Na/c23-15-7-8-19(17(11-15)22(29)30)26-21(28)13-31-12-20(27)25-16-5-3-4-14(10-16)18-6-1-2-9-24-18;/h1-11H,12-13H2,(H,25,27)(H,26,28)(H,29,30);/q;+1/p-1. The van der Waals surface area contributed by atoms with Crippen molar-refractivity contribution in [3.63, 3.8) is 0 Å². The Morgan fingerprint density at radius 3 is 2.38 bits per heavy atom. The second kappa shape index (κ2) is 12.3. The average molecular weight is 462 g/mol. The minimum atomic E-state index is -1.48. The van der Waals surface area contributed by atoms with Gasteiger partial charge in [0.2, 0.25) is 11.8 Å². The van der Waals surface area contributed by atoms with E-state index < -0.39 is 24.4 Å². The van der Waals surface area contributed by atoms with E-state index in [1.54, 1.807) is 24.4 Å². The van der Waals surface area contributed by atoms with Crippen molar-refractivity contribution in [1.82, 2.24) is 4.98 Å². The number of carboxylic acids is 1. The molecule has 0 unspecified atom stereocenters. The van der Waals surface area contributed by atoms with Gasteiger partial charge in [0.15, 0.2) is 0 Å². The fourth-order valence-corrected chi connectivity index (χ4v) is 2.88. The van der Waals surface area contributed by atoms with Crippen LogP contribution >= 0.6 is 11.6 Å². The molecule has 0 fully saturated rings. The molecule has 0 aliphatic carbocycles.